The lowest BCUT2D eigenvalue weighted by molar-refractivity contribution is -0.108. The van der Waals surface area contributed by atoms with E-state index in [1.54, 1.807) is 18.2 Å². The zero-order chi connectivity index (χ0) is 25.3. The first kappa shape index (κ1) is 26.7. The fourth-order valence-corrected chi connectivity index (χ4v) is 2.90. The van der Waals surface area contributed by atoms with Crippen molar-refractivity contribution in [3.05, 3.63) is 64.7 Å². The van der Waals surface area contributed by atoms with Crippen LogP contribution in [0.1, 0.15) is 5.56 Å². The van der Waals surface area contributed by atoms with Gasteiger partial charge in [0.05, 0.1) is 17.3 Å². The molecule has 0 fully saturated rings. The van der Waals surface area contributed by atoms with Gasteiger partial charge < -0.3 is 20.2 Å². The van der Waals surface area contributed by atoms with Crippen LogP contribution in [-0.4, -0.2) is 54.3 Å². The zero-order valence-electron chi connectivity index (χ0n) is 19.0. The number of halogens is 3. The highest BCUT2D eigenvalue weighted by Gasteiger charge is 2.11. The Balaban J connectivity index is 0.000000241. The summed E-state index contributed by atoms with van der Waals surface area (Å²) in [5.74, 6) is -0.491. The maximum absolute atomic E-state index is 13.5. The number of likely N-dealkylation sites (N-methyl/N-ethyl adjacent to an activating group) is 1. The Hall–Kier alpha value is -3.50. The first-order valence-corrected chi connectivity index (χ1v) is 10.6. The summed E-state index contributed by atoms with van der Waals surface area (Å²) < 4.78 is 32.8. The average Bonchev–Trinajstić information content (AvgIpc) is 3.15. The van der Waals surface area contributed by atoms with Gasteiger partial charge in [-0.3, -0.25) is 5.32 Å². The Kier molecular flexibility index (Phi) is 9.96. The van der Waals surface area contributed by atoms with Crippen molar-refractivity contribution in [2.75, 3.05) is 38.3 Å². The number of carbonyl (C=O) groups is 2. The van der Waals surface area contributed by atoms with Crippen molar-refractivity contribution in [3.63, 3.8) is 0 Å². The summed E-state index contributed by atoms with van der Waals surface area (Å²) in [6.45, 7) is 2.53. The van der Waals surface area contributed by atoms with Crippen LogP contribution < -0.4 is 11.1 Å². The normalized spacial score (nSPS) is 10.4. The monoisotopic (exact) mass is 493 g/mol. The van der Waals surface area contributed by atoms with Crippen molar-refractivity contribution in [1.29, 1.82) is 0 Å². The second-order valence-corrected chi connectivity index (χ2v) is 7.82. The van der Waals surface area contributed by atoms with Crippen LogP contribution >= 0.6 is 11.6 Å². The minimum absolute atomic E-state index is 0.0269. The van der Waals surface area contributed by atoms with Crippen molar-refractivity contribution >= 4 is 35.5 Å². The molecule has 0 aliphatic rings. The standard InChI is InChI=1S/C12H16ClFN2O2.C11H10FN3O/c1-8-10(5-4-9(13)11(8)14)15-12(17)18-7-6-16(2)3;12-9-3-1-2-8(6-9)10-7-11(13)15(14-10)4-5-16/h4-5H,6-7H2,1-3H3,(H,15,17);1-3,5-7H,4,13H2. The molecule has 3 aromatic rings. The molecule has 3 rings (SSSR count). The van der Waals surface area contributed by atoms with E-state index in [9.17, 15) is 18.4 Å². The van der Waals surface area contributed by atoms with E-state index >= 15 is 0 Å². The Morgan fingerprint density at radius 3 is 2.65 bits per heavy atom. The maximum atomic E-state index is 13.5. The van der Waals surface area contributed by atoms with Crippen LogP contribution in [0.4, 0.5) is 25.1 Å². The number of benzene rings is 2. The number of nitrogens with zero attached hydrogens (tertiary/aromatic N) is 3. The predicted octanol–water partition coefficient (Wildman–Crippen LogP) is 4.37. The molecule has 0 aliphatic carbocycles. The van der Waals surface area contributed by atoms with Gasteiger partial charge in [0, 0.05) is 29.4 Å². The van der Waals surface area contributed by atoms with Gasteiger partial charge in [-0.1, -0.05) is 23.7 Å². The number of anilines is 2. The number of hydrogen-bond donors (Lipinski definition) is 2. The van der Waals surface area contributed by atoms with Crippen LogP contribution in [0.2, 0.25) is 5.02 Å². The van der Waals surface area contributed by atoms with E-state index in [1.165, 1.54) is 35.9 Å². The smallest absolute Gasteiger partial charge is 0.411 e. The average molecular weight is 494 g/mol. The molecule has 34 heavy (non-hydrogen) atoms. The second kappa shape index (κ2) is 12.7. The molecule has 1 amide bonds. The number of ether oxygens (including phenoxy) is 1. The minimum atomic E-state index is -0.610. The SMILES string of the molecule is Cc1c(NC(=O)OCCN(C)C)ccc(Cl)c1F.Nc1cc(-c2cccc(F)c2)nn1CC=O. The summed E-state index contributed by atoms with van der Waals surface area (Å²) in [5.41, 5.74) is 7.48. The van der Waals surface area contributed by atoms with Crippen molar-refractivity contribution in [1.82, 2.24) is 14.7 Å². The third-order valence-corrected chi connectivity index (χ3v) is 4.82. The van der Waals surface area contributed by atoms with E-state index in [-0.39, 0.29) is 29.6 Å². The summed E-state index contributed by atoms with van der Waals surface area (Å²) in [7, 11) is 3.75. The number of hydrogen-bond acceptors (Lipinski definition) is 6. The summed E-state index contributed by atoms with van der Waals surface area (Å²) in [6, 6.07) is 10.6. The van der Waals surface area contributed by atoms with E-state index in [1.807, 2.05) is 19.0 Å². The van der Waals surface area contributed by atoms with Crippen molar-refractivity contribution < 1.29 is 23.1 Å². The molecule has 0 spiro atoms. The van der Waals surface area contributed by atoms with Gasteiger partial charge in [0.25, 0.3) is 0 Å². The van der Waals surface area contributed by atoms with E-state index in [0.717, 1.165) is 0 Å². The lowest BCUT2D eigenvalue weighted by Crippen LogP contribution is -2.22. The molecule has 0 atom stereocenters. The fourth-order valence-electron chi connectivity index (χ4n) is 2.69. The summed E-state index contributed by atoms with van der Waals surface area (Å²) in [6.07, 6.45) is 0.0975. The van der Waals surface area contributed by atoms with Crippen LogP contribution in [-0.2, 0) is 16.1 Å². The fraction of sp³-hybridized carbons (Fsp3) is 0.261. The number of nitrogen functional groups attached to an aromatic ring is 1. The maximum Gasteiger partial charge on any atom is 0.411 e. The van der Waals surface area contributed by atoms with Gasteiger partial charge in [-0.15, -0.1) is 0 Å². The molecule has 11 heteroatoms. The van der Waals surface area contributed by atoms with E-state index in [0.29, 0.717) is 35.6 Å². The molecule has 8 nitrogen and oxygen atoms in total. The lowest BCUT2D eigenvalue weighted by Gasteiger charge is -2.12. The van der Waals surface area contributed by atoms with Crippen LogP contribution in [0.15, 0.2) is 42.5 Å². The molecule has 0 unspecified atom stereocenters. The molecule has 0 bridgehead atoms. The first-order chi connectivity index (χ1) is 16.1. The summed E-state index contributed by atoms with van der Waals surface area (Å²) >= 11 is 5.62. The number of nitrogens with two attached hydrogens (primary N) is 1. The third-order valence-electron chi connectivity index (χ3n) is 4.53. The molecule has 182 valence electrons. The Morgan fingerprint density at radius 1 is 1.26 bits per heavy atom. The highest BCUT2D eigenvalue weighted by Crippen LogP contribution is 2.24. The molecule has 1 aromatic heterocycles. The van der Waals surface area contributed by atoms with Gasteiger partial charge in [0.2, 0.25) is 0 Å². The third kappa shape index (κ3) is 7.82. The van der Waals surface area contributed by atoms with E-state index in [2.05, 4.69) is 10.4 Å². The van der Waals surface area contributed by atoms with Gasteiger partial charge in [0.1, 0.15) is 30.3 Å². The Morgan fingerprint density at radius 2 is 2.00 bits per heavy atom. The summed E-state index contributed by atoms with van der Waals surface area (Å²) in [5, 5.41) is 6.61. The number of carbonyl (C=O) groups excluding carboxylic acids is 2. The minimum Gasteiger partial charge on any atom is -0.448 e. The molecular formula is C23H26ClF2N5O3. The molecule has 3 N–H and O–H groups in total. The van der Waals surface area contributed by atoms with Crippen LogP contribution in [0.3, 0.4) is 0 Å². The second-order valence-electron chi connectivity index (χ2n) is 7.41. The lowest BCUT2D eigenvalue weighted by atomic mass is 10.1. The zero-order valence-corrected chi connectivity index (χ0v) is 19.8. The van der Waals surface area contributed by atoms with Crippen LogP contribution in [0.5, 0.6) is 0 Å². The van der Waals surface area contributed by atoms with Gasteiger partial charge in [0.15, 0.2) is 0 Å². The number of aldehydes is 1. The highest BCUT2D eigenvalue weighted by molar-refractivity contribution is 6.30. The molecule has 1 heterocycles. The van der Waals surface area contributed by atoms with Crippen molar-refractivity contribution in [2.45, 2.75) is 13.5 Å². The number of rotatable bonds is 7. The van der Waals surface area contributed by atoms with Crippen molar-refractivity contribution in [2.24, 2.45) is 0 Å². The van der Waals surface area contributed by atoms with Gasteiger partial charge in [-0.25, -0.2) is 18.3 Å². The van der Waals surface area contributed by atoms with E-state index in [4.69, 9.17) is 22.1 Å². The van der Waals surface area contributed by atoms with Gasteiger partial charge >= 0.3 is 6.09 Å². The topological polar surface area (TPSA) is 102 Å². The largest absolute Gasteiger partial charge is 0.448 e. The van der Waals surface area contributed by atoms with Crippen molar-refractivity contribution in [3.8, 4) is 11.3 Å². The first-order valence-electron chi connectivity index (χ1n) is 10.2. The molecule has 0 saturated carbocycles. The Bertz CT molecular complexity index is 1140. The molecule has 0 radical (unpaired) electrons. The summed E-state index contributed by atoms with van der Waals surface area (Å²) in [4.78, 5) is 23.7. The number of nitrogens with one attached hydrogen (secondary N) is 1. The number of amides is 1. The predicted molar refractivity (Wildman–Crippen MR) is 128 cm³/mol. The van der Waals surface area contributed by atoms with E-state index < -0.39 is 11.9 Å². The number of aromatic nitrogens is 2. The highest BCUT2D eigenvalue weighted by atomic mass is 35.5. The van der Waals surface area contributed by atoms with Gasteiger partial charge in [-0.2, -0.15) is 5.10 Å². The molecule has 0 saturated heterocycles. The Labute approximate surface area is 201 Å². The quantitative estimate of drug-likeness (QED) is 0.474. The van der Waals surface area contributed by atoms with Crippen LogP contribution in [0, 0.1) is 18.6 Å². The molecule has 2 aromatic carbocycles. The molecular weight excluding hydrogens is 468 g/mol. The molecule has 0 aliphatic heterocycles. The van der Waals surface area contributed by atoms with Crippen LogP contribution in [0.25, 0.3) is 11.3 Å². The van der Waals surface area contributed by atoms with Gasteiger partial charge in [-0.05, 0) is 45.3 Å².